The molecule has 2 aromatic rings. The van der Waals surface area contributed by atoms with Crippen LogP contribution >= 0.6 is 11.3 Å². The Morgan fingerprint density at radius 1 is 1.56 bits per heavy atom. The van der Waals surface area contributed by atoms with E-state index in [0.717, 1.165) is 28.9 Å². The monoisotopic (exact) mass is 261 g/mol. The lowest BCUT2D eigenvalue weighted by Gasteiger charge is -2.14. The molecule has 0 spiro atoms. The molecule has 1 atom stereocenters. The van der Waals surface area contributed by atoms with Gasteiger partial charge in [-0.2, -0.15) is 0 Å². The normalized spacial score (nSPS) is 16.9. The zero-order valence-electron chi connectivity index (χ0n) is 10.2. The van der Waals surface area contributed by atoms with Gasteiger partial charge in [0.25, 0.3) is 0 Å². The molecule has 1 aliphatic carbocycles. The predicted molar refractivity (Wildman–Crippen MR) is 72.1 cm³/mol. The molecular weight excluding hydrogens is 246 g/mol. The van der Waals surface area contributed by atoms with Gasteiger partial charge >= 0.3 is 5.97 Å². The average molecular weight is 261 g/mol. The fourth-order valence-electron chi connectivity index (χ4n) is 2.60. The lowest BCUT2D eigenvalue weighted by atomic mass is 9.90. The second kappa shape index (κ2) is 4.35. The molecule has 0 aliphatic heterocycles. The molecule has 1 saturated carbocycles. The van der Waals surface area contributed by atoms with Crippen molar-refractivity contribution in [3.05, 3.63) is 28.8 Å². The number of hydrogen-bond donors (Lipinski definition) is 1. The third kappa shape index (κ3) is 2.12. The fourth-order valence-corrected chi connectivity index (χ4v) is 3.46. The number of carboxylic acids is 1. The van der Waals surface area contributed by atoms with Gasteiger partial charge in [-0.3, -0.25) is 4.79 Å². The standard InChI is InChI=1S/C14H15NO2S/c1-8-15-14-10(3-2-4-12(14)18-8)11(7-13(16)17)9-5-6-9/h2-4,9,11H,5-7H2,1H3,(H,16,17). The van der Waals surface area contributed by atoms with Crippen molar-refractivity contribution in [2.24, 2.45) is 5.92 Å². The minimum atomic E-state index is -0.712. The van der Waals surface area contributed by atoms with E-state index in [1.807, 2.05) is 19.1 Å². The van der Waals surface area contributed by atoms with Gasteiger partial charge in [0, 0.05) is 0 Å². The number of nitrogens with zero attached hydrogens (tertiary/aromatic N) is 1. The van der Waals surface area contributed by atoms with Crippen LogP contribution in [0, 0.1) is 12.8 Å². The van der Waals surface area contributed by atoms with Gasteiger partial charge in [-0.15, -0.1) is 11.3 Å². The largest absolute Gasteiger partial charge is 0.481 e. The summed E-state index contributed by atoms with van der Waals surface area (Å²) in [7, 11) is 0. The van der Waals surface area contributed by atoms with Gasteiger partial charge in [0.15, 0.2) is 0 Å². The van der Waals surface area contributed by atoms with Gasteiger partial charge in [-0.05, 0) is 43.2 Å². The van der Waals surface area contributed by atoms with Crippen molar-refractivity contribution in [3.63, 3.8) is 0 Å². The van der Waals surface area contributed by atoms with Gasteiger partial charge in [0.05, 0.1) is 21.6 Å². The first-order chi connectivity index (χ1) is 8.65. The first-order valence-electron chi connectivity index (χ1n) is 6.23. The van der Waals surface area contributed by atoms with Crippen molar-refractivity contribution in [3.8, 4) is 0 Å². The molecule has 0 amide bonds. The molecule has 0 bridgehead atoms. The summed E-state index contributed by atoms with van der Waals surface area (Å²) >= 11 is 1.68. The number of aromatic nitrogens is 1. The van der Waals surface area contributed by atoms with Crippen molar-refractivity contribution in [1.82, 2.24) is 4.98 Å². The number of benzene rings is 1. The third-order valence-electron chi connectivity index (χ3n) is 3.54. The molecule has 1 heterocycles. The molecule has 1 fully saturated rings. The van der Waals surface area contributed by atoms with Crippen LogP contribution in [-0.2, 0) is 4.79 Å². The molecule has 1 aromatic carbocycles. The summed E-state index contributed by atoms with van der Waals surface area (Å²) in [5, 5.41) is 10.1. The van der Waals surface area contributed by atoms with Gasteiger partial charge < -0.3 is 5.11 Å². The number of rotatable bonds is 4. The molecule has 3 rings (SSSR count). The van der Waals surface area contributed by atoms with E-state index < -0.39 is 5.97 Å². The van der Waals surface area contributed by atoms with Crippen LogP contribution in [0.15, 0.2) is 18.2 Å². The van der Waals surface area contributed by atoms with Gasteiger partial charge in [-0.1, -0.05) is 12.1 Å². The highest BCUT2D eigenvalue weighted by Gasteiger charge is 2.35. The summed E-state index contributed by atoms with van der Waals surface area (Å²) in [5.74, 6) is -0.0442. The summed E-state index contributed by atoms with van der Waals surface area (Å²) < 4.78 is 1.17. The van der Waals surface area contributed by atoms with Crippen LogP contribution in [0.25, 0.3) is 10.2 Å². The Balaban J connectivity index is 2.07. The first kappa shape index (κ1) is 11.7. The minimum absolute atomic E-state index is 0.132. The van der Waals surface area contributed by atoms with Crippen LogP contribution in [0.2, 0.25) is 0 Å². The van der Waals surface area contributed by atoms with E-state index in [1.54, 1.807) is 11.3 Å². The second-order valence-electron chi connectivity index (χ2n) is 4.97. The highest BCUT2D eigenvalue weighted by Crippen LogP contribution is 2.46. The van der Waals surface area contributed by atoms with Crippen molar-refractivity contribution < 1.29 is 9.90 Å². The summed E-state index contributed by atoms with van der Waals surface area (Å²) in [6.07, 6.45) is 2.52. The minimum Gasteiger partial charge on any atom is -0.481 e. The van der Waals surface area contributed by atoms with Crippen LogP contribution in [-0.4, -0.2) is 16.1 Å². The Morgan fingerprint density at radius 2 is 2.33 bits per heavy atom. The van der Waals surface area contributed by atoms with Crippen molar-refractivity contribution >= 4 is 27.5 Å². The van der Waals surface area contributed by atoms with Crippen LogP contribution in [0.3, 0.4) is 0 Å². The smallest absolute Gasteiger partial charge is 0.303 e. The molecule has 4 heteroatoms. The van der Waals surface area contributed by atoms with Crippen molar-refractivity contribution in [2.75, 3.05) is 0 Å². The quantitative estimate of drug-likeness (QED) is 0.915. The molecule has 1 N–H and O–H groups in total. The van der Waals surface area contributed by atoms with Gasteiger partial charge in [0.1, 0.15) is 0 Å². The molecule has 0 radical (unpaired) electrons. The molecule has 0 saturated heterocycles. The molecule has 94 valence electrons. The Kier molecular flexibility index (Phi) is 2.82. The summed E-state index contributed by atoms with van der Waals surface area (Å²) in [5.41, 5.74) is 2.14. The van der Waals surface area contributed by atoms with Crippen molar-refractivity contribution in [2.45, 2.75) is 32.1 Å². The number of carboxylic acid groups (broad SMARTS) is 1. The summed E-state index contributed by atoms with van der Waals surface area (Å²) in [6, 6.07) is 6.13. The van der Waals surface area contributed by atoms with E-state index in [2.05, 4.69) is 11.1 Å². The number of fused-ring (bicyclic) bond motifs is 1. The maximum absolute atomic E-state index is 11.0. The van der Waals surface area contributed by atoms with Crippen LogP contribution in [0.5, 0.6) is 0 Å². The lowest BCUT2D eigenvalue weighted by Crippen LogP contribution is -2.08. The number of hydrogen-bond acceptors (Lipinski definition) is 3. The van der Waals surface area contributed by atoms with Gasteiger partial charge in [-0.25, -0.2) is 4.98 Å². The van der Waals surface area contributed by atoms with Crippen LogP contribution < -0.4 is 0 Å². The molecule has 1 aromatic heterocycles. The van der Waals surface area contributed by atoms with E-state index in [-0.39, 0.29) is 12.3 Å². The summed E-state index contributed by atoms with van der Waals surface area (Å²) in [4.78, 5) is 15.6. The number of aryl methyl sites for hydroxylation is 1. The predicted octanol–water partition coefficient (Wildman–Crippen LogP) is 3.57. The molecule has 1 unspecified atom stereocenters. The fraction of sp³-hybridized carbons (Fsp3) is 0.429. The molecular formula is C14H15NO2S. The average Bonchev–Trinajstić information content (AvgIpc) is 3.06. The lowest BCUT2D eigenvalue weighted by molar-refractivity contribution is -0.137. The van der Waals surface area contributed by atoms with Crippen molar-refractivity contribution in [1.29, 1.82) is 0 Å². The van der Waals surface area contributed by atoms with Crippen LogP contribution in [0.1, 0.15) is 35.8 Å². The Labute approximate surface area is 109 Å². The molecule has 1 aliphatic rings. The molecule has 3 nitrogen and oxygen atoms in total. The number of para-hydroxylation sites is 1. The third-order valence-corrected chi connectivity index (χ3v) is 4.48. The van der Waals surface area contributed by atoms with E-state index in [9.17, 15) is 4.79 Å². The number of carbonyl (C=O) groups is 1. The van der Waals surface area contributed by atoms with Gasteiger partial charge in [0.2, 0.25) is 0 Å². The number of thiazole rings is 1. The highest BCUT2D eigenvalue weighted by molar-refractivity contribution is 7.18. The zero-order chi connectivity index (χ0) is 12.7. The summed E-state index contributed by atoms with van der Waals surface area (Å²) in [6.45, 7) is 2.00. The van der Waals surface area contributed by atoms with E-state index in [0.29, 0.717) is 5.92 Å². The second-order valence-corrected chi connectivity index (χ2v) is 6.20. The van der Waals surface area contributed by atoms with E-state index in [1.165, 1.54) is 4.70 Å². The Morgan fingerprint density at radius 3 is 3.00 bits per heavy atom. The Hall–Kier alpha value is -1.42. The van der Waals surface area contributed by atoms with Crippen LogP contribution in [0.4, 0.5) is 0 Å². The number of aliphatic carboxylic acids is 1. The Bertz CT molecular complexity index is 601. The van der Waals surface area contributed by atoms with E-state index in [4.69, 9.17) is 5.11 Å². The first-order valence-corrected chi connectivity index (χ1v) is 7.04. The maximum atomic E-state index is 11.0. The maximum Gasteiger partial charge on any atom is 0.303 e. The SMILES string of the molecule is Cc1nc2c(C(CC(=O)O)C3CC3)cccc2s1. The zero-order valence-corrected chi connectivity index (χ0v) is 11.0. The topological polar surface area (TPSA) is 50.2 Å². The molecule has 18 heavy (non-hydrogen) atoms. The highest BCUT2D eigenvalue weighted by atomic mass is 32.1. The van der Waals surface area contributed by atoms with E-state index >= 15 is 0 Å².